The lowest BCUT2D eigenvalue weighted by atomic mass is 9.87. The molecule has 114 valence electrons. The Morgan fingerprint density at radius 2 is 1.79 bits per heavy atom. The van der Waals surface area contributed by atoms with E-state index in [1.54, 1.807) is 11.4 Å². The largest absolute Gasteiger partial charge is 0.317 e. The second-order valence-electron chi connectivity index (χ2n) is 5.85. The van der Waals surface area contributed by atoms with Gasteiger partial charge >= 0.3 is 0 Å². The van der Waals surface area contributed by atoms with E-state index in [-0.39, 0.29) is 11.8 Å². The maximum Gasteiger partial charge on any atom is 0.214 e. The highest BCUT2D eigenvalue weighted by atomic mass is 32.2. The summed E-state index contributed by atoms with van der Waals surface area (Å²) in [6.07, 6.45) is 6.14. The Morgan fingerprint density at radius 1 is 1.16 bits per heavy atom. The molecule has 0 heterocycles. The van der Waals surface area contributed by atoms with Crippen molar-refractivity contribution in [1.29, 1.82) is 0 Å². The third kappa shape index (κ3) is 5.79. The molecule has 0 saturated heterocycles. The molecule has 19 heavy (non-hydrogen) atoms. The van der Waals surface area contributed by atoms with Crippen molar-refractivity contribution in [3.63, 3.8) is 0 Å². The summed E-state index contributed by atoms with van der Waals surface area (Å²) < 4.78 is 26.1. The highest BCUT2D eigenvalue weighted by molar-refractivity contribution is 7.89. The Balaban J connectivity index is 2.34. The fourth-order valence-electron chi connectivity index (χ4n) is 2.66. The minimum atomic E-state index is -3.07. The van der Waals surface area contributed by atoms with Crippen LogP contribution in [-0.4, -0.2) is 44.7 Å². The molecule has 1 saturated carbocycles. The first-order valence-corrected chi connectivity index (χ1v) is 9.24. The van der Waals surface area contributed by atoms with E-state index in [2.05, 4.69) is 19.2 Å². The minimum absolute atomic E-state index is 0.227. The van der Waals surface area contributed by atoms with Crippen molar-refractivity contribution in [2.45, 2.75) is 58.4 Å². The van der Waals surface area contributed by atoms with Gasteiger partial charge < -0.3 is 5.32 Å². The van der Waals surface area contributed by atoms with Crippen molar-refractivity contribution in [3.05, 3.63) is 0 Å². The molecule has 0 aliphatic heterocycles. The first-order valence-electron chi connectivity index (χ1n) is 7.63. The lowest BCUT2D eigenvalue weighted by Crippen LogP contribution is -2.40. The number of rotatable bonds is 8. The van der Waals surface area contributed by atoms with Gasteiger partial charge in [0.2, 0.25) is 10.0 Å². The van der Waals surface area contributed by atoms with Crippen LogP contribution in [0.15, 0.2) is 0 Å². The maximum atomic E-state index is 12.2. The summed E-state index contributed by atoms with van der Waals surface area (Å²) in [5.41, 5.74) is 0. The highest BCUT2D eigenvalue weighted by Gasteiger charge is 2.28. The summed E-state index contributed by atoms with van der Waals surface area (Å²) in [5, 5.41) is 3.25. The van der Waals surface area contributed by atoms with Gasteiger partial charge in [-0.3, -0.25) is 0 Å². The Bertz CT molecular complexity index is 335. The van der Waals surface area contributed by atoms with Gasteiger partial charge in [0.1, 0.15) is 0 Å². The summed E-state index contributed by atoms with van der Waals surface area (Å²) in [5.74, 6) is 1.03. The molecule has 1 rings (SSSR count). The van der Waals surface area contributed by atoms with Crippen molar-refractivity contribution >= 4 is 10.0 Å². The normalized spacial score (nSPS) is 24.8. The van der Waals surface area contributed by atoms with E-state index < -0.39 is 10.0 Å². The molecule has 0 spiro atoms. The van der Waals surface area contributed by atoms with E-state index >= 15 is 0 Å². The predicted molar refractivity (Wildman–Crippen MR) is 80.7 cm³/mol. The monoisotopic (exact) mass is 290 g/mol. The van der Waals surface area contributed by atoms with Crippen molar-refractivity contribution in [2.75, 3.05) is 25.9 Å². The van der Waals surface area contributed by atoms with Gasteiger partial charge in [0.15, 0.2) is 0 Å². The molecule has 0 aromatic rings. The van der Waals surface area contributed by atoms with Gasteiger partial charge in [0.25, 0.3) is 0 Å². The summed E-state index contributed by atoms with van der Waals surface area (Å²) >= 11 is 0. The molecule has 0 amide bonds. The van der Waals surface area contributed by atoms with Crippen LogP contribution >= 0.6 is 0 Å². The number of sulfonamides is 1. The van der Waals surface area contributed by atoms with Crippen LogP contribution in [0.3, 0.4) is 0 Å². The molecular weight excluding hydrogens is 260 g/mol. The zero-order valence-electron chi connectivity index (χ0n) is 12.7. The van der Waals surface area contributed by atoms with Gasteiger partial charge in [0, 0.05) is 13.1 Å². The Labute approximate surface area is 119 Å². The molecule has 0 bridgehead atoms. The molecule has 1 aliphatic rings. The van der Waals surface area contributed by atoms with Crippen molar-refractivity contribution in [3.8, 4) is 0 Å². The molecule has 0 aromatic carbocycles. The molecule has 0 radical (unpaired) electrons. The van der Waals surface area contributed by atoms with Crippen LogP contribution in [-0.2, 0) is 10.0 Å². The van der Waals surface area contributed by atoms with Crippen LogP contribution in [0.2, 0.25) is 0 Å². The van der Waals surface area contributed by atoms with E-state index in [1.165, 1.54) is 0 Å². The van der Waals surface area contributed by atoms with Gasteiger partial charge in [-0.1, -0.05) is 13.8 Å². The number of nitrogens with one attached hydrogen (secondary N) is 1. The van der Waals surface area contributed by atoms with Gasteiger partial charge in [-0.2, -0.15) is 0 Å². The Morgan fingerprint density at radius 3 is 2.37 bits per heavy atom. The van der Waals surface area contributed by atoms with E-state index in [4.69, 9.17) is 0 Å². The van der Waals surface area contributed by atoms with E-state index in [9.17, 15) is 8.42 Å². The molecule has 4 nitrogen and oxygen atoms in total. The molecule has 1 aliphatic carbocycles. The first-order chi connectivity index (χ1) is 8.97. The maximum absolute atomic E-state index is 12.2. The van der Waals surface area contributed by atoms with Crippen molar-refractivity contribution in [2.24, 2.45) is 5.92 Å². The third-order valence-electron chi connectivity index (χ3n) is 4.12. The van der Waals surface area contributed by atoms with Crippen LogP contribution in [0, 0.1) is 5.92 Å². The van der Waals surface area contributed by atoms with Gasteiger partial charge in [-0.15, -0.1) is 0 Å². The molecule has 1 fully saturated rings. The van der Waals surface area contributed by atoms with Crippen molar-refractivity contribution < 1.29 is 8.42 Å². The molecule has 5 heteroatoms. The van der Waals surface area contributed by atoms with Crippen molar-refractivity contribution in [1.82, 2.24) is 9.62 Å². The molecule has 0 unspecified atom stereocenters. The Hall–Kier alpha value is -0.130. The molecule has 0 atom stereocenters. The van der Waals surface area contributed by atoms with Crippen LogP contribution in [0.25, 0.3) is 0 Å². The van der Waals surface area contributed by atoms with E-state index in [0.29, 0.717) is 6.42 Å². The predicted octanol–water partition coefficient (Wildman–Crippen LogP) is 2.22. The molecular formula is C14H30N2O2S. The average molecular weight is 290 g/mol. The topological polar surface area (TPSA) is 49.4 Å². The summed E-state index contributed by atoms with van der Waals surface area (Å²) in [7, 11) is -1.31. The zero-order valence-corrected chi connectivity index (χ0v) is 13.5. The summed E-state index contributed by atoms with van der Waals surface area (Å²) in [6, 6.07) is 0.227. The number of nitrogens with zero attached hydrogens (tertiary/aromatic N) is 1. The SMILES string of the molecule is CCCNCCCS(=O)(=O)N(C)C1CCC(C)CC1. The van der Waals surface area contributed by atoms with Gasteiger partial charge in [-0.25, -0.2) is 12.7 Å². The molecule has 0 aromatic heterocycles. The third-order valence-corrected chi connectivity index (χ3v) is 6.10. The van der Waals surface area contributed by atoms with Crippen LogP contribution in [0.5, 0.6) is 0 Å². The lowest BCUT2D eigenvalue weighted by molar-refractivity contribution is 0.246. The lowest BCUT2D eigenvalue weighted by Gasteiger charge is -2.32. The second-order valence-corrected chi connectivity index (χ2v) is 8.00. The number of hydrogen-bond donors (Lipinski definition) is 1. The second kappa shape index (κ2) is 8.22. The Kier molecular flexibility index (Phi) is 7.32. The fraction of sp³-hybridized carbons (Fsp3) is 1.00. The highest BCUT2D eigenvalue weighted by Crippen LogP contribution is 2.27. The number of hydrogen-bond acceptors (Lipinski definition) is 3. The smallest absolute Gasteiger partial charge is 0.214 e. The van der Waals surface area contributed by atoms with Crippen LogP contribution < -0.4 is 5.32 Å². The first kappa shape index (κ1) is 16.9. The zero-order chi connectivity index (χ0) is 14.3. The van der Waals surface area contributed by atoms with E-state index in [1.807, 2.05) is 0 Å². The van der Waals surface area contributed by atoms with Gasteiger partial charge in [0.05, 0.1) is 5.75 Å². The van der Waals surface area contributed by atoms with Crippen LogP contribution in [0.4, 0.5) is 0 Å². The fourth-order valence-corrected chi connectivity index (χ4v) is 4.12. The quantitative estimate of drug-likeness (QED) is 0.697. The van der Waals surface area contributed by atoms with Crippen LogP contribution in [0.1, 0.15) is 52.4 Å². The molecule has 1 N–H and O–H groups in total. The summed E-state index contributed by atoms with van der Waals surface area (Å²) in [4.78, 5) is 0. The standard InChI is InChI=1S/C14H30N2O2S/c1-4-10-15-11-5-12-19(17,18)16(3)14-8-6-13(2)7-9-14/h13-15H,4-12H2,1-3H3. The average Bonchev–Trinajstić information content (AvgIpc) is 2.38. The minimum Gasteiger partial charge on any atom is -0.317 e. The summed E-state index contributed by atoms with van der Waals surface area (Å²) in [6.45, 7) is 6.13. The van der Waals surface area contributed by atoms with Gasteiger partial charge in [-0.05, 0) is 57.5 Å². The van der Waals surface area contributed by atoms with E-state index in [0.717, 1.165) is 51.1 Å².